The lowest BCUT2D eigenvalue weighted by molar-refractivity contribution is -0.121. The Morgan fingerprint density at radius 2 is 1.68 bits per heavy atom. The predicted octanol–water partition coefficient (Wildman–Crippen LogP) is 5.00. The first kappa shape index (κ1) is 29.5. The molecule has 8 heteroatoms. The van der Waals surface area contributed by atoms with Gasteiger partial charge in [-0.1, -0.05) is 80.5 Å². The highest BCUT2D eigenvalue weighted by atomic mass is 16.5. The summed E-state index contributed by atoms with van der Waals surface area (Å²) in [6, 6.07) is 19.2. The largest absolute Gasteiger partial charge is 0.352 e. The normalized spacial score (nSPS) is 18.4. The van der Waals surface area contributed by atoms with E-state index in [2.05, 4.69) is 90.9 Å². The van der Waals surface area contributed by atoms with Crippen LogP contribution in [0.25, 0.3) is 11.4 Å². The second kappa shape index (κ2) is 13.2. The van der Waals surface area contributed by atoms with Crippen LogP contribution in [0.1, 0.15) is 74.7 Å². The van der Waals surface area contributed by atoms with Crippen molar-refractivity contribution in [3.8, 4) is 11.4 Å². The van der Waals surface area contributed by atoms with Crippen molar-refractivity contribution in [3.05, 3.63) is 71.6 Å². The average molecular weight is 546 g/mol. The molecule has 0 aliphatic heterocycles. The van der Waals surface area contributed by atoms with Gasteiger partial charge in [-0.2, -0.15) is 4.98 Å². The van der Waals surface area contributed by atoms with Crippen molar-refractivity contribution in [2.45, 2.75) is 76.8 Å². The maximum atomic E-state index is 12.6. The standard InChI is InChI=1S/C32H43N5O3/c1-32(2,3)25-16-12-24(13-17-25)29-35-31(40-36-29)30(39)33-21-28(38)34-26-18-14-23(15-19-26)27(37(4)5)20-11-22-9-7-6-8-10-22/h6-10,12-13,16-17,23,26-27H,11,14-15,18-21H2,1-5H3,(H,33,39)(H,34,38). The minimum Gasteiger partial charge on any atom is -0.352 e. The molecule has 4 rings (SSSR count). The highest BCUT2D eigenvalue weighted by Gasteiger charge is 2.29. The molecule has 8 nitrogen and oxygen atoms in total. The van der Waals surface area contributed by atoms with Crippen LogP contribution in [0.4, 0.5) is 0 Å². The molecule has 1 aromatic heterocycles. The van der Waals surface area contributed by atoms with Crippen molar-refractivity contribution in [2.24, 2.45) is 5.92 Å². The molecule has 1 saturated carbocycles. The molecule has 3 aromatic rings. The van der Waals surface area contributed by atoms with Crippen molar-refractivity contribution in [1.29, 1.82) is 0 Å². The predicted molar refractivity (Wildman–Crippen MR) is 157 cm³/mol. The lowest BCUT2D eigenvalue weighted by Gasteiger charge is -2.37. The summed E-state index contributed by atoms with van der Waals surface area (Å²) in [6.07, 6.45) is 6.25. The van der Waals surface area contributed by atoms with Gasteiger partial charge in [-0.3, -0.25) is 9.59 Å². The molecule has 0 saturated heterocycles. The first-order chi connectivity index (χ1) is 19.1. The molecule has 2 amide bonds. The number of rotatable bonds is 10. The molecule has 0 spiro atoms. The van der Waals surface area contributed by atoms with Gasteiger partial charge in [0.05, 0.1) is 6.54 Å². The zero-order valence-electron chi connectivity index (χ0n) is 24.4. The smallest absolute Gasteiger partial charge is 0.316 e. The summed E-state index contributed by atoms with van der Waals surface area (Å²) in [4.78, 5) is 31.7. The Morgan fingerprint density at radius 1 is 1.00 bits per heavy atom. The number of nitrogens with one attached hydrogen (secondary N) is 2. The zero-order valence-corrected chi connectivity index (χ0v) is 24.4. The van der Waals surface area contributed by atoms with Gasteiger partial charge in [-0.05, 0) is 75.1 Å². The number of nitrogens with zero attached hydrogens (tertiary/aromatic N) is 3. The lowest BCUT2D eigenvalue weighted by atomic mass is 9.79. The third kappa shape index (κ3) is 8.01. The topological polar surface area (TPSA) is 100 Å². The third-order valence-corrected chi connectivity index (χ3v) is 7.95. The molecular formula is C32H43N5O3. The monoisotopic (exact) mass is 545 g/mol. The maximum Gasteiger partial charge on any atom is 0.316 e. The van der Waals surface area contributed by atoms with Gasteiger partial charge in [0.1, 0.15) is 0 Å². The number of hydrogen-bond donors (Lipinski definition) is 2. The third-order valence-electron chi connectivity index (χ3n) is 7.95. The van der Waals surface area contributed by atoms with E-state index in [4.69, 9.17) is 4.52 Å². The van der Waals surface area contributed by atoms with E-state index in [1.807, 2.05) is 24.3 Å². The maximum absolute atomic E-state index is 12.6. The van der Waals surface area contributed by atoms with Gasteiger partial charge < -0.3 is 20.1 Å². The van der Waals surface area contributed by atoms with Gasteiger partial charge >= 0.3 is 11.8 Å². The number of carbonyl (C=O) groups is 2. The SMILES string of the molecule is CN(C)C(CCc1ccccc1)C1CCC(NC(=O)CNC(=O)c2nc(-c3ccc(C(C)(C)C)cc3)no2)CC1. The summed E-state index contributed by atoms with van der Waals surface area (Å²) < 4.78 is 5.15. The first-order valence-corrected chi connectivity index (χ1v) is 14.3. The molecule has 2 N–H and O–H groups in total. The minimum atomic E-state index is -0.559. The van der Waals surface area contributed by atoms with Crippen molar-refractivity contribution in [3.63, 3.8) is 0 Å². The summed E-state index contributed by atoms with van der Waals surface area (Å²) >= 11 is 0. The fraction of sp³-hybridized carbons (Fsp3) is 0.500. The Labute approximate surface area is 237 Å². The number of benzene rings is 2. The molecule has 1 unspecified atom stereocenters. The zero-order chi connectivity index (χ0) is 28.7. The molecule has 1 fully saturated rings. The second-order valence-electron chi connectivity index (χ2n) is 12.2. The van der Waals surface area contributed by atoms with Crippen molar-refractivity contribution >= 4 is 11.8 Å². The van der Waals surface area contributed by atoms with E-state index in [9.17, 15) is 9.59 Å². The summed E-state index contributed by atoms with van der Waals surface area (Å²) in [5.74, 6) is 0.0294. The van der Waals surface area contributed by atoms with E-state index in [1.165, 1.54) is 11.1 Å². The summed E-state index contributed by atoms with van der Waals surface area (Å²) in [7, 11) is 4.34. The van der Waals surface area contributed by atoms with Gasteiger partial charge in [-0.15, -0.1) is 0 Å². The highest BCUT2D eigenvalue weighted by molar-refractivity contribution is 5.93. The van der Waals surface area contributed by atoms with E-state index in [0.29, 0.717) is 17.8 Å². The molecule has 0 radical (unpaired) electrons. The summed E-state index contributed by atoms with van der Waals surface area (Å²) in [5, 5.41) is 9.62. The van der Waals surface area contributed by atoms with Gasteiger partial charge in [-0.25, -0.2) is 0 Å². The van der Waals surface area contributed by atoms with Crippen LogP contribution >= 0.6 is 0 Å². The molecule has 40 heavy (non-hydrogen) atoms. The summed E-state index contributed by atoms with van der Waals surface area (Å²) in [5.41, 5.74) is 3.38. The van der Waals surface area contributed by atoms with Crippen LogP contribution in [-0.4, -0.2) is 59.6 Å². The minimum absolute atomic E-state index is 0.0396. The first-order valence-electron chi connectivity index (χ1n) is 14.3. The van der Waals surface area contributed by atoms with Gasteiger partial charge in [0.25, 0.3) is 0 Å². The average Bonchev–Trinajstić information content (AvgIpc) is 3.43. The Balaban J connectivity index is 1.20. The molecule has 214 valence electrons. The van der Waals surface area contributed by atoms with E-state index in [1.54, 1.807) is 0 Å². The number of aromatic nitrogens is 2. The number of hydrogen-bond acceptors (Lipinski definition) is 6. The van der Waals surface area contributed by atoms with Crippen LogP contribution in [0.2, 0.25) is 0 Å². The fourth-order valence-corrected chi connectivity index (χ4v) is 5.59. The van der Waals surface area contributed by atoms with Crippen molar-refractivity contribution in [2.75, 3.05) is 20.6 Å². The molecule has 1 atom stereocenters. The fourth-order valence-electron chi connectivity index (χ4n) is 5.59. The lowest BCUT2D eigenvalue weighted by Crippen LogP contribution is -2.45. The van der Waals surface area contributed by atoms with Gasteiger partial charge in [0, 0.05) is 17.6 Å². The second-order valence-corrected chi connectivity index (χ2v) is 12.2. The van der Waals surface area contributed by atoms with Gasteiger partial charge in [0.15, 0.2) is 0 Å². The van der Waals surface area contributed by atoms with Crippen LogP contribution in [-0.2, 0) is 16.6 Å². The number of aryl methyl sites for hydroxylation is 1. The Hall–Kier alpha value is -3.52. The van der Waals surface area contributed by atoms with Crippen molar-refractivity contribution in [1.82, 2.24) is 25.7 Å². The molecular weight excluding hydrogens is 502 g/mol. The van der Waals surface area contributed by atoms with Crippen molar-refractivity contribution < 1.29 is 14.1 Å². The van der Waals surface area contributed by atoms with Gasteiger partial charge in [0.2, 0.25) is 11.7 Å². The number of carbonyl (C=O) groups excluding carboxylic acids is 2. The van der Waals surface area contributed by atoms with Crippen LogP contribution in [0.15, 0.2) is 59.1 Å². The van der Waals surface area contributed by atoms with E-state index >= 15 is 0 Å². The van der Waals surface area contributed by atoms with Crippen LogP contribution in [0.3, 0.4) is 0 Å². The Kier molecular flexibility index (Phi) is 9.74. The highest BCUT2D eigenvalue weighted by Crippen LogP contribution is 2.31. The quantitative estimate of drug-likeness (QED) is 0.372. The number of amides is 2. The molecule has 1 aliphatic rings. The van der Waals surface area contributed by atoms with E-state index in [-0.39, 0.29) is 29.8 Å². The Bertz CT molecular complexity index is 1240. The molecule has 1 heterocycles. The van der Waals surface area contributed by atoms with Crippen LogP contribution in [0.5, 0.6) is 0 Å². The van der Waals surface area contributed by atoms with E-state index < -0.39 is 5.91 Å². The van der Waals surface area contributed by atoms with Crippen LogP contribution in [0, 0.1) is 5.92 Å². The Morgan fingerprint density at radius 3 is 2.30 bits per heavy atom. The van der Waals surface area contributed by atoms with Crippen LogP contribution < -0.4 is 10.6 Å². The summed E-state index contributed by atoms with van der Waals surface area (Å²) in [6.45, 7) is 6.31. The van der Waals surface area contributed by atoms with E-state index in [0.717, 1.165) is 44.1 Å². The molecule has 2 aromatic carbocycles. The molecule has 0 bridgehead atoms. The molecule has 1 aliphatic carbocycles.